The number of hydrogen-bond donors (Lipinski definition) is 1. The van der Waals surface area contributed by atoms with Gasteiger partial charge in [0.1, 0.15) is 17.1 Å². The van der Waals surface area contributed by atoms with E-state index in [4.69, 9.17) is 5.11 Å². The average molecular weight is 384 g/mol. The summed E-state index contributed by atoms with van der Waals surface area (Å²) in [6.07, 6.45) is 4.45. The largest absolute Gasteiger partial charge is 0.392 e. The van der Waals surface area contributed by atoms with Crippen LogP contribution in [0.1, 0.15) is 22.4 Å². The summed E-state index contributed by atoms with van der Waals surface area (Å²) in [4.78, 5) is 4.29. The maximum absolute atomic E-state index is 14.4. The first-order valence-corrected chi connectivity index (χ1v) is 9.44. The number of aliphatic hydroxyl groups excluding tert-OH is 1. The van der Waals surface area contributed by atoms with E-state index in [1.54, 1.807) is 12.5 Å². The molecule has 0 saturated heterocycles. The van der Waals surface area contributed by atoms with Gasteiger partial charge in [-0.25, -0.2) is 9.37 Å². The first-order valence-electron chi connectivity index (χ1n) is 9.44. The summed E-state index contributed by atoms with van der Waals surface area (Å²) in [6, 6.07) is 30.4. The second-order valence-electron chi connectivity index (χ2n) is 6.71. The number of hydrogen-bond acceptors (Lipinski definition) is 2. The summed E-state index contributed by atoms with van der Waals surface area (Å²) in [5.74, 6) is -0.547. The fraction of sp³-hybridized carbons (Fsp3) is 0.0800. The lowest BCUT2D eigenvalue weighted by atomic mass is 9.77. The first kappa shape index (κ1) is 18.8. The number of aromatic nitrogens is 2. The van der Waals surface area contributed by atoms with Crippen LogP contribution < -0.4 is 0 Å². The summed E-state index contributed by atoms with van der Waals surface area (Å²) < 4.78 is 16.3. The molecular weight excluding hydrogens is 363 g/mol. The smallest absolute Gasteiger partial charge is 0.148 e. The van der Waals surface area contributed by atoms with E-state index in [0.717, 1.165) is 22.8 Å². The van der Waals surface area contributed by atoms with Crippen molar-refractivity contribution in [2.24, 2.45) is 0 Å². The molecule has 1 N–H and O–H groups in total. The number of halogens is 1. The quantitative estimate of drug-likeness (QED) is 0.474. The first-order chi connectivity index (χ1) is 14.3. The van der Waals surface area contributed by atoms with Crippen molar-refractivity contribution in [3.8, 4) is 0 Å². The second-order valence-corrected chi connectivity index (χ2v) is 6.71. The number of nitrogens with zero attached hydrogens (tertiary/aromatic N) is 2. The average Bonchev–Trinajstić information content (AvgIpc) is 3.27. The molecule has 29 heavy (non-hydrogen) atoms. The van der Waals surface area contributed by atoms with Crippen LogP contribution >= 0.6 is 0 Å². The van der Waals surface area contributed by atoms with Gasteiger partial charge >= 0.3 is 0 Å². The molecular formula is C25H21FN2O. The molecule has 0 atom stereocenters. The Morgan fingerprint density at radius 3 is 1.69 bits per heavy atom. The molecule has 0 spiro atoms. The topological polar surface area (TPSA) is 38.0 Å². The third-order valence-electron chi connectivity index (χ3n) is 5.06. The summed E-state index contributed by atoms with van der Waals surface area (Å²) in [5.41, 5.74) is 2.56. The van der Waals surface area contributed by atoms with Crippen molar-refractivity contribution in [1.29, 1.82) is 0 Å². The SMILES string of the molecule is OC/C=C(\F)c1cn(C(c2ccccc2)(c2ccccc2)c2ccccc2)cn1. The van der Waals surface area contributed by atoms with Crippen LogP contribution in [0.4, 0.5) is 4.39 Å². The third kappa shape index (κ3) is 3.39. The molecule has 4 heteroatoms. The van der Waals surface area contributed by atoms with Gasteiger partial charge in [-0.2, -0.15) is 0 Å². The van der Waals surface area contributed by atoms with E-state index in [1.807, 2.05) is 59.2 Å². The number of rotatable bonds is 6. The molecule has 0 saturated carbocycles. The fourth-order valence-electron chi connectivity index (χ4n) is 3.80. The maximum atomic E-state index is 14.4. The molecule has 3 nitrogen and oxygen atoms in total. The molecule has 144 valence electrons. The Hall–Kier alpha value is -3.50. The molecule has 0 aliphatic carbocycles. The highest BCUT2D eigenvalue weighted by atomic mass is 19.1. The van der Waals surface area contributed by atoms with Crippen molar-refractivity contribution in [3.05, 3.63) is 132 Å². The Kier molecular flexibility index (Phi) is 5.36. The highest BCUT2D eigenvalue weighted by molar-refractivity contribution is 5.56. The van der Waals surface area contributed by atoms with E-state index < -0.39 is 11.4 Å². The van der Waals surface area contributed by atoms with Gasteiger partial charge < -0.3 is 9.67 Å². The van der Waals surface area contributed by atoms with Gasteiger partial charge in [0.25, 0.3) is 0 Å². The Morgan fingerprint density at radius 1 is 0.828 bits per heavy atom. The van der Waals surface area contributed by atoms with Gasteiger partial charge in [-0.05, 0) is 22.8 Å². The highest BCUT2D eigenvalue weighted by Gasteiger charge is 2.38. The van der Waals surface area contributed by atoms with Crippen molar-refractivity contribution in [2.75, 3.05) is 6.61 Å². The Labute approximate surface area is 169 Å². The zero-order valence-corrected chi connectivity index (χ0v) is 15.8. The van der Waals surface area contributed by atoms with Crippen LogP contribution in [0.2, 0.25) is 0 Å². The molecule has 0 bridgehead atoms. The summed E-state index contributed by atoms with van der Waals surface area (Å²) in [7, 11) is 0. The fourth-order valence-corrected chi connectivity index (χ4v) is 3.80. The van der Waals surface area contributed by atoms with Gasteiger partial charge in [-0.1, -0.05) is 91.0 Å². The van der Waals surface area contributed by atoms with E-state index in [1.165, 1.54) is 0 Å². The van der Waals surface area contributed by atoms with E-state index in [9.17, 15) is 4.39 Å². The van der Waals surface area contributed by atoms with Crippen LogP contribution in [0.25, 0.3) is 5.83 Å². The Balaban J connectivity index is 2.05. The number of aliphatic hydroxyl groups is 1. The predicted molar refractivity (Wildman–Crippen MR) is 113 cm³/mol. The van der Waals surface area contributed by atoms with Gasteiger partial charge in [-0.3, -0.25) is 0 Å². The minimum absolute atomic E-state index is 0.186. The summed E-state index contributed by atoms with van der Waals surface area (Å²) in [6.45, 7) is -0.375. The van der Waals surface area contributed by atoms with Crippen molar-refractivity contribution in [2.45, 2.75) is 5.54 Å². The summed E-state index contributed by atoms with van der Waals surface area (Å²) >= 11 is 0. The van der Waals surface area contributed by atoms with Crippen molar-refractivity contribution in [1.82, 2.24) is 9.55 Å². The van der Waals surface area contributed by atoms with Crippen LogP contribution in [0.3, 0.4) is 0 Å². The lowest BCUT2D eigenvalue weighted by Crippen LogP contribution is -2.36. The van der Waals surface area contributed by atoms with E-state index >= 15 is 0 Å². The molecule has 0 fully saturated rings. The van der Waals surface area contributed by atoms with Crippen LogP contribution in [0.15, 0.2) is 110 Å². The molecule has 4 aromatic rings. The van der Waals surface area contributed by atoms with E-state index in [-0.39, 0.29) is 12.3 Å². The van der Waals surface area contributed by atoms with Crippen LogP contribution in [-0.2, 0) is 5.54 Å². The lowest BCUT2D eigenvalue weighted by molar-refractivity contribution is 0.342. The monoisotopic (exact) mass is 384 g/mol. The van der Waals surface area contributed by atoms with Crippen molar-refractivity contribution >= 4 is 5.83 Å². The zero-order chi connectivity index (χ0) is 20.1. The second kappa shape index (κ2) is 8.25. The molecule has 0 radical (unpaired) electrons. The molecule has 1 heterocycles. The van der Waals surface area contributed by atoms with Crippen molar-refractivity contribution < 1.29 is 9.50 Å². The standard InChI is InChI=1S/C25H21FN2O/c26-23(16-17-29)24-18-28(19-27-24)25(20-10-4-1-5-11-20,21-12-6-2-7-13-21)22-14-8-3-9-15-22/h1-16,18-19,29H,17H2/b23-16-. The molecule has 0 aliphatic heterocycles. The minimum atomic E-state index is -0.728. The van der Waals surface area contributed by atoms with Gasteiger partial charge in [-0.15, -0.1) is 0 Å². The van der Waals surface area contributed by atoms with Crippen molar-refractivity contribution in [3.63, 3.8) is 0 Å². The maximum Gasteiger partial charge on any atom is 0.148 e. The number of benzene rings is 3. The molecule has 0 amide bonds. The van der Waals surface area contributed by atoms with Gasteiger partial charge in [0, 0.05) is 6.20 Å². The van der Waals surface area contributed by atoms with Crippen LogP contribution in [0, 0.1) is 0 Å². The summed E-state index contributed by atoms with van der Waals surface area (Å²) in [5, 5.41) is 9.05. The third-order valence-corrected chi connectivity index (χ3v) is 5.06. The molecule has 0 aliphatic rings. The van der Waals surface area contributed by atoms with Gasteiger partial charge in [0.2, 0.25) is 0 Å². The Morgan fingerprint density at radius 2 is 1.28 bits per heavy atom. The van der Waals surface area contributed by atoms with Gasteiger partial charge in [0.05, 0.1) is 12.9 Å². The molecule has 4 rings (SSSR count). The van der Waals surface area contributed by atoms with E-state index in [2.05, 4.69) is 41.4 Å². The van der Waals surface area contributed by atoms with Gasteiger partial charge in [0.15, 0.2) is 0 Å². The van der Waals surface area contributed by atoms with Crippen LogP contribution in [-0.4, -0.2) is 21.3 Å². The molecule has 3 aromatic carbocycles. The normalized spacial score (nSPS) is 12.1. The van der Waals surface area contributed by atoms with E-state index in [0.29, 0.717) is 0 Å². The zero-order valence-electron chi connectivity index (χ0n) is 15.8. The minimum Gasteiger partial charge on any atom is -0.392 e. The number of imidazole rings is 1. The lowest BCUT2D eigenvalue weighted by Gasteiger charge is -2.37. The highest BCUT2D eigenvalue weighted by Crippen LogP contribution is 2.41. The Bertz CT molecular complexity index is 993. The molecule has 0 unspecified atom stereocenters. The predicted octanol–water partition coefficient (Wildman–Crippen LogP) is 5.03. The molecule has 1 aromatic heterocycles. The van der Waals surface area contributed by atoms with Crippen LogP contribution in [0.5, 0.6) is 0 Å².